The van der Waals surface area contributed by atoms with E-state index in [1.165, 1.54) is 0 Å². The van der Waals surface area contributed by atoms with Crippen molar-refractivity contribution >= 4 is 35.3 Å². The van der Waals surface area contributed by atoms with Crippen molar-refractivity contribution in [2.75, 3.05) is 5.32 Å². The Kier molecular flexibility index (Phi) is 3.89. The number of benzene rings is 1. The Morgan fingerprint density at radius 1 is 1.29 bits per heavy atom. The average Bonchev–Trinajstić information content (AvgIpc) is 3.18. The van der Waals surface area contributed by atoms with Crippen LogP contribution in [0.5, 0.6) is 0 Å². The lowest BCUT2D eigenvalue weighted by molar-refractivity contribution is -0.146. The number of carboxylic acid groups (broad SMARTS) is 2. The van der Waals surface area contributed by atoms with E-state index in [4.69, 9.17) is 22.1 Å². The van der Waals surface area contributed by atoms with Gasteiger partial charge >= 0.3 is 18.0 Å². The molecule has 128 valence electrons. The van der Waals surface area contributed by atoms with Gasteiger partial charge in [0.05, 0.1) is 16.6 Å². The monoisotopic (exact) mass is 354 g/mol. The van der Waals surface area contributed by atoms with Crippen LogP contribution in [0.2, 0.25) is 5.02 Å². The first kappa shape index (κ1) is 16.5. The van der Waals surface area contributed by atoms with E-state index in [-0.39, 0.29) is 6.42 Å². The van der Waals surface area contributed by atoms with Crippen molar-refractivity contribution in [3.05, 3.63) is 29.3 Å². The molecule has 4 unspecified atom stereocenters. The number of nitrogens with one attached hydrogen (secondary N) is 1. The molecular weight excluding hydrogens is 340 g/mol. The van der Waals surface area contributed by atoms with Crippen LogP contribution >= 0.6 is 11.6 Å². The first-order valence-electron chi connectivity index (χ1n) is 7.23. The molecule has 8 nitrogen and oxygen atoms in total. The van der Waals surface area contributed by atoms with Crippen LogP contribution in [-0.4, -0.2) is 39.9 Å². The largest absolute Gasteiger partial charge is 0.481 e. The number of fused-ring (bicyclic) bond motifs is 1. The fraction of sp³-hybridized carbons (Fsp3) is 0.400. The molecule has 1 aromatic rings. The topological polar surface area (TPSA) is 139 Å². The van der Waals surface area contributed by atoms with Crippen LogP contribution in [0.3, 0.4) is 0 Å². The number of halogens is 1. The summed E-state index contributed by atoms with van der Waals surface area (Å²) in [6.07, 6.45) is -1.84. The number of amides is 1. The zero-order chi connectivity index (χ0) is 17.6. The van der Waals surface area contributed by atoms with Gasteiger partial charge in [-0.05, 0) is 12.1 Å². The second kappa shape index (κ2) is 5.64. The number of ether oxygens (including phenoxy) is 1. The van der Waals surface area contributed by atoms with Crippen LogP contribution in [-0.2, 0) is 14.3 Å². The summed E-state index contributed by atoms with van der Waals surface area (Å²) < 4.78 is 5.23. The fourth-order valence-electron chi connectivity index (χ4n) is 3.57. The van der Waals surface area contributed by atoms with Crippen LogP contribution in [0.4, 0.5) is 10.5 Å². The lowest BCUT2D eigenvalue weighted by Gasteiger charge is -2.24. The molecule has 9 heteroatoms. The molecule has 1 aromatic carbocycles. The quantitative estimate of drug-likeness (QED) is 0.640. The molecule has 5 atom stereocenters. The summed E-state index contributed by atoms with van der Waals surface area (Å²) in [4.78, 5) is 34.6. The molecule has 5 N–H and O–H groups in total. The van der Waals surface area contributed by atoms with Crippen molar-refractivity contribution < 1.29 is 29.3 Å². The van der Waals surface area contributed by atoms with E-state index in [0.29, 0.717) is 10.7 Å². The average molecular weight is 355 g/mol. The zero-order valence-electron chi connectivity index (χ0n) is 12.3. The van der Waals surface area contributed by atoms with Gasteiger partial charge in [0.2, 0.25) is 0 Å². The van der Waals surface area contributed by atoms with Crippen molar-refractivity contribution in [1.82, 2.24) is 0 Å². The van der Waals surface area contributed by atoms with E-state index in [9.17, 15) is 24.6 Å². The van der Waals surface area contributed by atoms with Gasteiger partial charge in [0.15, 0.2) is 0 Å². The van der Waals surface area contributed by atoms with Crippen LogP contribution in [0.1, 0.15) is 6.42 Å². The minimum Gasteiger partial charge on any atom is -0.481 e. The van der Waals surface area contributed by atoms with E-state index in [0.717, 1.165) is 0 Å². The molecule has 0 saturated heterocycles. The molecular formula is C15H15ClN2O6. The molecule has 0 heterocycles. The van der Waals surface area contributed by atoms with E-state index in [1.54, 1.807) is 24.3 Å². The highest BCUT2D eigenvalue weighted by Crippen LogP contribution is 2.62. The Balaban J connectivity index is 1.71. The Bertz CT molecular complexity index is 726. The van der Waals surface area contributed by atoms with Crippen LogP contribution < -0.4 is 11.1 Å². The second-order valence-corrected chi connectivity index (χ2v) is 6.47. The van der Waals surface area contributed by atoms with Crippen LogP contribution in [0.25, 0.3) is 0 Å². The van der Waals surface area contributed by atoms with Gasteiger partial charge < -0.3 is 20.7 Å². The zero-order valence-corrected chi connectivity index (χ0v) is 13.1. The summed E-state index contributed by atoms with van der Waals surface area (Å²) in [6.45, 7) is 0. The number of carbonyl (C=O) groups excluding carboxylic acids is 1. The minimum atomic E-state index is -1.71. The second-order valence-electron chi connectivity index (χ2n) is 6.07. The standard InChI is InChI=1S/C15H15ClN2O6/c16-6-3-1-2-4-7(6)18-14(23)24-8-5-15(17,13(21)22)11-9(8)10(11)12(19)20/h1-4,8-11H,5,17H2,(H,18,23)(H,19,20)(H,21,22)/t8?,9?,10-,11?,15?/m0/s1. The summed E-state index contributed by atoms with van der Waals surface area (Å²) in [5.74, 6) is -4.69. The third-order valence-corrected chi connectivity index (χ3v) is 5.02. The highest BCUT2D eigenvalue weighted by atomic mass is 35.5. The predicted molar refractivity (Wildman–Crippen MR) is 82.6 cm³/mol. The molecule has 0 radical (unpaired) electrons. The molecule has 0 aromatic heterocycles. The molecule has 2 fully saturated rings. The fourth-order valence-corrected chi connectivity index (χ4v) is 3.76. The number of carboxylic acids is 2. The number of aliphatic carboxylic acids is 2. The number of anilines is 1. The molecule has 1 amide bonds. The van der Waals surface area contributed by atoms with Crippen molar-refractivity contribution in [2.45, 2.75) is 18.1 Å². The Labute approximate surface area is 141 Å². The number of rotatable bonds is 4. The third-order valence-electron chi connectivity index (χ3n) is 4.69. The number of hydrogen-bond acceptors (Lipinski definition) is 5. The third kappa shape index (κ3) is 2.57. The van der Waals surface area contributed by atoms with Gasteiger partial charge in [0.1, 0.15) is 11.6 Å². The van der Waals surface area contributed by atoms with Gasteiger partial charge in [0.25, 0.3) is 0 Å². The van der Waals surface area contributed by atoms with Gasteiger partial charge in [-0.2, -0.15) is 0 Å². The van der Waals surface area contributed by atoms with Crippen molar-refractivity contribution in [1.29, 1.82) is 0 Å². The molecule has 0 aliphatic heterocycles. The van der Waals surface area contributed by atoms with E-state index >= 15 is 0 Å². The van der Waals surface area contributed by atoms with Crippen molar-refractivity contribution in [2.24, 2.45) is 23.5 Å². The smallest absolute Gasteiger partial charge is 0.411 e. The summed E-state index contributed by atoms with van der Waals surface area (Å²) in [7, 11) is 0. The van der Waals surface area contributed by atoms with E-state index in [1.807, 2.05) is 0 Å². The van der Waals surface area contributed by atoms with E-state index < -0.39 is 47.4 Å². The molecule has 0 spiro atoms. The van der Waals surface area contributed by atoms with Gasteiger partial charge in [-0.3, -0.25) is 14.9 Å². The number of nitrogens with two attached hydrogens (primary N) is 1. The Hall–Kier alpha value is -2.32. The molecule has 2 saturated carbocycles. The Morgan fingerprint density at radius 3 is 2.54 bits per heavy atom. The van der Waals surface area contributed by atoms with Gasteiger partial charge in [-0.25, -0.2) is 4.79 Å². The van der Waals surface area contributed by atoms with Gasteiger partial charge in [-0.1, -0.05) is 23.7 Å². The number of para-hydroxylation sites is 1. The summed E-state index contributed by atoms with van der Waals surface area (Å²) >= 11 is 5.93. The lowest BCUT2D eigenvalue weighted by atomic mass is 9.91. The minimum absolute atomic E-state index is 0.128. The van der Waals surface area contributed by atoms with Crippen molar-refractivity contribution in [3.63, 3.8) is 0 Å². The molecule has 3 rings (SSSR count). The first-order chi connectivity index (χ1) is 11.3. The highest BCUT2D eigenvalue weighted by Gasteiger charge is 2.75. The van der Waals surface area contributed by atoms with Crippen molar-refractivity contribution in [3.8, 4) is 0 Å². The molecule has 2 aliphatic rings. The summed E-state index contributed by atoms with van der Waals surface area (Å²) in [5.41, 5.74) is 4.49. The highest BCUT2D eigenvalue weighted by molar-refractivity contribution is 6.33. The Morgan fingerprint density at radius 2 is 1.96 bits per heavy atom. The first-order valence-corrected chi connectivity index (χ1v) is 7.60. The van der Waals surface area contributed by atoms with E-state index in [2.05, 4.69) is 5.32 Å². The normalized spacial score (nSPS) is 33.4. The van der Waals surface area contributed by atoms with Gasteiger partial charge in [0, 0.05) is 18.3 Å². The van der Waals surface area contributed by atoms with Gasteiger partial charge in [-0.15, -0.1) is 0 Å². The maximum absolute atomic E-state index is 12.0. The summed E-state index contributed by atoms with van der Waals surface area (Å²) in [6, 6.07) is 6.52. The number of hydrogen-bond donors (Lipinski definition) is 4. The predicted octanol–water partition coefficient (Wildman–Crippen LogP) is 1.39. The molecule has 0 bridgehead atoms. The van der Waals surface area contributed by atoms with Crippen LogP contribution in [0.15, 0.2) is 24.3 Å². The maximum atomic E-state index is 12.0. The number of carbonyl (C=O) groups is 3. The van der Waals surface area contributed by atoms with Crippen LogP contribution in [0, 0.1) is 17.8 Å². The maximum Gasteiger partial charge on any atom is 0.411 e. The molecule has 2 aliphatic carbocycles. The summed E-state index contributed by atoms with van der Waals surface area (Å²) in [5, 5.41) is 21.2. The SMILES string of the molecule is NC1(C(=O)O)CC(OC(=O)Nc2ccccc2Cl)C2C1[C@H]2C(=O)O. The molecule has 24 heavy (non-hydrogen) atoms. The lowest BCUT2D eigenvalue weighted by Crippen LogP contribution is -2.51.